The molecule has 0 saturated heterocycles. The molecule has 2 heteroatoms. The number of aliphatic imine (C=N–C) groups is 1. The van der Waals surface area contributed by atoms with Crippen LogP contribution in [0.5, 0.6) is 0 Å². The van der Waals surface area contributed by atoms with Crippen molar-refractivity contribution in [2.75, 3.05) is 6.54 Å². The number of allylic oxidation sites excluding steroid dienone is 1. The lowest BCUT2D eigenvalue weighted by Gasteiger charge is -2.31. The number of nitrogens with zero attached hydrogens (tertiary/aromatic N) is 1. The quantitative estimate of drug-likeness (QED) is 0.568. The normalized spacial score (nSPS) is 25.3. The summed E-state index contributed by atoms with van der Waals surface area (Å²) in [4.78, 5) is 15.8. The molecule has 1 saturated carbocycles. The van der Waals surface area contributed by atoms with Gasteiger partial charge in [0.05, 0.1) is 0 Å². The van der Waals surface area contributed by atoms with Gasteiger partial charge in [0.25, 0.3) is 0 Å². The van der Waals surface area contributed by atoms with E-state index in [4.69, 9.17) is 0 Å². The zero-order chi connectivity index (χ0) is 10.1. The number of rotatable bonds is 1. The van der Waals surface area contributed by atoms with Crippen molar-refractivity contribution in [1.82, 2.24) is 0 Å². The third-order valence-electron chi connectivity index (χ3n) is 2.51. The molecular formula is C11H17NO. The molecule has 1 rings (SSSR count). The Hall–Kier alpha value is -0.920. The Labute approximate surface area is 79.8 Å². The van der Waals surface area contributed by atoms with E-state index in [1.807, 2.05) is 6.92 Å². The van der Waals surface area contributed by atoms with Crippen LogP contribution in [0.1, 0.15) is 33.6 Å². The van der Waals surface area contributed by atoms with Crippen LogP contribution in [-0.4, -0.2) is 18.0 Å². The Bertz CT molecular complexity index is 274. The van der Waals surface area contributed by atoms with Crippen molar-refractivity contribution in [1.29, 1.82) is 0 Å². The number of hydrogen-bond acceptors (Lipinski definition) is 2. The lowest BCUT2D eigenvalue weighted by Crippen LogP contribution is -2.33. The number of carbonyl (C=O) groups excluding carboxylic acids is 1. The summed E-state index contributed by atoms with van der Waals surface area (Å²) in [6.07, 6.45) is 1.23. The maximum Gasteiger partial charge on any atom is 0.163 e. The van der Waals surface area contributed by atoms with Gasteiger partial charge in [-0.05, 0) is 18.9 Å². The van der Waals surface area contributed by atoms with E-state index in [-0.39, 0.29) is 11.2 Å². The smallest absolute Gasteiger partial charge is 0.163 e. The van der Waals surface area contributed by atoms with Gasteiger partial charge >= 0.3 is 0 Å². The monoisotopic (exact) mass is 179 g/mol. The molecule has 0 aliphatic heterocycles. The van der Waals surface area contributed by atoms with Gasteiger partial charge in [-0.15, -0.1) is 0 Å². The predicted molar refractivity (Wildman–Crippen MR) is 55.1 cm³/mol. The SMILES string of the molecule is C=C1CC(C)(C)C(=NCC)CC1=O. The third kappa shape index (κ3) is 2.06. The zero-order valence-corrected chi connectivity index (χ0v) is 8.68. The van der Waals surface area contributed by atoms with Crippen molar-refractivity contribution in [2.45, 2.75) is 33.6 Å². The molecule has 13 heavy (non-hydrogen) atoms. The molecule has 0 aromatic carbocycles. The summed E-state index contributed by atoms with van der Waals surface area (Å²) in [5.74, 6) is 0.159. The second-order valence-electron chi connectivity index (χ2n) is 4.19. The first-order valence-electron chi connectivity index (χ1n) is 4.72. The van der Waals surface area contributed by atoms with Crippen LogP contribution in [0.4, 0.5) is 0 Å². The molecule has 0 heterocycles. The first kappa shape index (κ1) is 10.2. The highest BCUT2D eigenvalue weighted by molar-refractivity contribution is 6.13. The predicted octanol–water partition coefficient (Wildman–Crippen LogP) is 2.39. The Kier molecular flexibility index (Phi) is 2.69. The van der Waals surface area contributed by atoms with Crippen LogP contribution < -0.4 is 0 Å². The van der Waals surface area contributed by atoms with E-state index in [0.717, 1.165) is 24.3 Å². The lowest BCUT2D eigenvalue weighted by molar-refractivity contribution is -0.115. The Balaban J connectivity index is 2.92. The highest BCUT2D eigenvalue weighted by atomic mass is 16.1. The van der Waals surface area contributed by atoms with E-state index >= 15 is 0 Å². The molecule has 2 nitrogen and oxygen atoms in total. The van der Waals surface area contributed by atoms with Gasteiger partial charge in [0.15, 0.2) is 5.78 Å². The van der Waals surface area contributed by atoms with E-state index in [0.29, 0.717) is 6.42 Å². The zero-order valence-electron chi connectivity index (χ0n) is 8.68. The van der Waals surface area contributed by atoms with Gasteiger partial charge in [-0.25, -0.2) is 0 Å². The fourth-order valence-electron chi connectivity index (χ4n) is 1.71. The molecular weight excluding hydrogens is 162 g/mol. The van der Waals surface area contributed by atoms with Crippen LogP contribution in [0.15, 0.2) is 17.1 Å². The molecule has 0 amide bonds. The van der Waals surface area contributed by atoms with E-state index in [1.165, 1.54) is 0 Å². The van der Waals surface area contributed by atoms with Gasteiger partial charge < -0.3 is 0 Å². The number of Topliss-reactive ketones (excluding diaryl/α,β-unsaturated/α-hetero) is 1. The molecule has 0 aromatic rings. The molecule has 0 spiro atoms. The van der Waals surface area contributed by atoms with E-state index in [1.54, 1.807) is 0 Å². The maximum absolute atomic E-state index is 11.4. The summed E-state index contributed by atoms with van der Waals surface area (Å²) in [7, 11) is 0. The minimum atomic E-state index is 0.0288. The van der Waals surface area contributed by atoms with E-state index in [9.17, 15) is 4.79 Å². The third-order valence-corrected chi connectivity index (χ3v) is 2.51. The summed E-state index contributed by atoms with van der Waals surface area (Å²) in [6.45, 7) is 10.8. The van der Waals surface area contributed by atoms with Crippen LogP contribution in [-0.2, 0) is 4.79 Å². The van der Waals surface area contributed by atoms with Crippen molar-refractivity contribution >= 4 is 11.5 Å². The van der Waals surface area contributed by atoms with Crippen molar-refractivity contribution in [3.05, 3.63) is 12.2 Å². The van der Waals surface area contributed by atoms with Crippen molar-refractivity contribution in [3.8, 4) is 0 Å². The molecule has 0 N–H and O–H groups in total. The van der Waals surface area contributed by atoms with E-state index < -0.39 is 0 Å². The first-order valence-corrected chi connectivity index (χ1v) is 4.72. The van der Waals surface area contributed by atoms with Gasteiger partial charge in [0, 0.05) is 24.1 Å². The largest absolute Gasteiger partial charge is 0.294 e. The second kappa shape index (κ2) is 3.44. The summed E-state index contributed by atoms with van der Waals surface area (Å²) >= 11 is 0. The molecule has 0 bridgehead atoms. The lowest BCUT2D eigenvalue weighted by atomic mass is 9.73. The van der Waals surface area contributed by atoms with Crippen LogP contribution >= 0.6 is 0 Å². The van der Waals surface area contributed by atoms with Gasteiger partial charge in [0.1, 0.15) is 0 Å². The van der Waals surface area contributed by atoms with Gasteiger partial charge in [-0.3, -0.25) is 9.79 Å². The minimum Gasteiger partial charge on any atom is -0.294 e. The molecule has 0 aromatic heterocycles. The molecule has 1 fully saturated rings. The maximum atomic E-state index is 11.4. The average Bonchev–Trinajstić information content (AvgIpc) is 2.00. The van der Waals surface area contributed by atoms with Crippen LogP contribution in [0.3, 0.4) is 0 Å². The standard InChI is InChI=1S/C11H17NO/c1-5-12-10-6-9(13)8(2)7-11(10,3)4/h2,5-7H2,1,3-4H3. The highest BCUT2D eigenvalue weighted by Crippen LogP contribution is 2.33. The Morgan fingerprint density at radius 3 is 2.69 bits per heavy atom. The van der Waals surface area contributed by atoms with Crippen molar-refractivity contribution < 1.29 is 4.79 Å². The molecule has 72 valence electrons. The summed E-state index contributed by atoms with van der Waals surface area (Å²) < 4.78 is 0. The number of hydrogen-bond donors (Lipinski definition) is 0. The fourth-order valence-corrected chi connectivity index (χ4v) is 1.71. The Morgan fingerprint density at radius 2 is 2.15 bits per heavy atom. The molecule has 0 unspecified atom stereocenters. The molecule has 1 aliphatic carbocycles. The van der Waals surface area contributed by atoms with Crippen LogP contribution in [0.25, 0.3) is 0 Å². The molecule has 0 atom stereocenters. The second-order valence-corrected chi connectivity index (χ2v) is 4.19. The van der Waals surface area contributed by atoms with Gasteiger partial charge in [-0.1, -0.05) is 20.4 Å². The highest BCUT2D eigenvalue weighted by Gasteiger charge is 2.33. The Morgan fingerprint density at radius 1 is 1.54 bits per heavy atom. The summed E-state index contributed by atoms with van der Waals surface area (Å²) in [5.41, 5.74) is 1.81. The number of carbonyl (C=O) groups is 1. The topological polar surface area (TPSA) is 29.4 Å². The summed E-state index contributed by atoms with van der Waals surface area (Å²) in [6, 6.07) is 0. The summed E-state index contributed by atoms with van der Waals surface area (Å²) in [5, 5.41) is 0. The number of ketones is 1. The van der Waals surface area contributed by atoms with Crippen molar-refractivity contribution in [2.24, 2.45) is 10.4 Å². The van der Waals surface area contributed by atoms with Crippen molar-refractivity contribution in [3.63, 3.8) is 0 Å². The van der Waals surface area contributed by atoms with E-state index in [2.05, 4.69) is 25.4 Å². The van der Waals surface area contributed by atoms with Gasteiger partial charge in [0.2, 0.25) is 0 Å². The average molecular weight is 179 g/mol. The van der Waals surface area contributed by atoms with Crippen LogP contribution in [0, 0.1) is 5.41 Å². The molecule has 0 radical (unpaired) electrons. The van der Waals surface area contributed by atoms with Gasteiger partial charge in [-0.2, -0.15) is 0 Å². The minimum absolute atomic E-state index is 0.0288. The fraction of sp³-hybridized carbons (Fsp3) is 0.636. The van der Waals surface area contributed by atoms with Crippen LogP contribution in [0.2, 0.25) is 0 Å². The first-order chi connectivity index (χ1) is 5.97. The molecule has 1 aliphatic rings.